The molecule has 0 heterocycles. The first-order chi connectivity index (χ1) is 3.84. The number of rotatable bonds is 1. The van der Waals surface area contributed by atoms with Gasteiger partial charge in [0.1, 0.15) is 0 Å². The Morgan fingerprint density at radius 3 is 2.50 bits per heavy atom. The minimum Gasteiger partial charge on any atom is -0.396 e. The average molecular weight is 114 g/mol. The molecule has 8 heavy (non-hydrogen) atoms. The highest BCUT2D eigenvalue weighted by atomic mass is 16.3. The Morgan fingerprint density at radius 1 is 1.50 bits per heavy atom. The summed E-state index contributed by atoms with van der Waals surface area (Å²) < 4.78 is 0. The van der Waals surface area contributed by atoms with Crippen molar-refractivity contribution in [2.45, 2.75) is 26.2 Å². The lowest BCUT2D eigenvalue weighted by Gasteiger charge is -2.09. The fourth-order valence-electron chi connectivity index (χ4n) is 1.49. The van der Waals surface area contributed by atoms with Gasteiger partial charge < -0.3 is 5.11 Å². The predicted octanol–water partition coefficient (Wildman–Crippen LogP) is 1.41. The summed E-state index contributed by atoms with van der Waals surface area (Å²) in [6, 6.07) is 0. The molecule has 1 N–H and O–H groups in total. The van der Waals surface area contributed by atoms with E-state index in [1.54, 1.807) is 0 Å². The SMILES string of the molecule is C[C@@H]1CCC[C@H]1CO. The van der Waals surface area contributed by atoms with Gasteiger partial charge in [-0.05, 0) is 18.3 Å². The number of aliphatic hydroxyl groups is 1. The third-order valence-corrected chi connectivity index (χ3v) is 2.27. The molecule has 0 spiro atoms. The van der Waals surface area contributed by atoms with Gasteiger partial charge in [0.25, 0.3) is 0 Å². The Bertz CT molecular complexity index is 70.8. The summed E-state index contributed by atoms with van der Waals surface area (Å²) in [5.74, 6) is 1.40. The van der Waals surface area contributed by atoms with E-state index in [0.717, 1.165) is 5.92 Å². The molecule has 0 unspecified atom stereocenters. The summed E-state index contributed by atoms with van der Waals surface area (Å²) in [6.07, 6.45) is 3.90. The second-order valence-corrected chi connectivity index (χ2v) is 2.85. The van der Waals surface area contributed by atoms with Gasteiger partial charge in [-0.3, -0.25) is 0 Å². The fraction of sp³-hybridized carbons (Fsp3) is 1.00. The van der Waals surface area contributed by atoms with E-state index in [1.807, 2.05) is 0 Å². The Kier molecular flexibility index (Phi) is 1.90. The Hall–Kier alpha value is -0.0400. The zero-order valence-corrected chi connectivity index (χ0v) is 5.43. The van der Waals surface area contributed by atoms with E-state index in [0.29, 0.717) is 12.5 Å². The van der Waals surface area contributed by atoms with Gasteiger partial charge in [0.05, 0.1) is 0 Å². The van der Waals surface area contributed by atoms with Crippen LogP contribution in [0.15, 0.2) is 0 Å². The van der Waals surface area contributed by atoms with Crippen molar-refractivity contribution in [2.24, 2.45) is 11.8 Å². The van der Waals surface area contributed by atoms with Crippen molar-refractivity contribution in [3.8, 4) is 0 Å². The van der Waals surface area contributed by atoms with Gasteiger partial charge >= 0.3 is 0 Å². The van der Waals surface area contributed by atoms with Crippen LogP contribution in [-0.4, -0.2) is 11.7 Å². The maximum atomic E-state index is 8.74. The second kappa shape index (κ2) is 2.49. The van der Waals surface area contributed by atoms with Crippen molar-refractivity contribution in [3.05, 3.63) is 0 Å². The summed E-state index contributed by atoms with van der Waals surface area (Å²) in [5, 5.41) is 8.74. The molecule has 0 saturated heterocycles. The molecule has 1 saturated carbocycles. The van der Waals surface area contributed by atoms with Gasteiger partial charge in [-0.25, -0.2) is 0 Å². The topological polar surface area (TPSA) is 20.2 Å². The molecule has 0 aromatic rings. The molecular formula is C7H14O. The lowest BCUT2D eigenvalue weighted by Crippen LogP contribution is -2.07. The molecular weight excluding hydrogens is 100 g/mol. The smallest absolute Gasteiger partial charge is 0.0461 e. The Morgan fingerprint density at radius 2 is 2.25 bits per heavy atom. The standard InChI is InChI=1S/C7H14O/c1-6-3-2-4-7(6)5-8/h6-8H,2-5H2,1H3/t6-,7+/m1/s1. The molecule has 0 aromatic heterocycles. The van der Waals surface area contributed by atoms with Crippen molar-refractivity contribution < 1.29 is 5.11 Å². The molecule has 48 valence electrons. The van der Waals surface area contributed by atoms with E-state index >= 15 is 0 Å². The van der Waals surface area contributed by atoms with E-state index in [4.69, 9.17) is 5.11 Å². The quantitative estimate of drug-likeness (QED) is 0.546. The first kappa shape index (κ1) is 6.09. The van der Waals surface area contributed by atoms with Gasteiger partial charge in [0.2, 0.25) is 0 Å². The number of aliphatic hydroxyl groups excluding tert-OH is 1. The lowest BCUT2D eigenvalue weighted by molar-refractivity contribution is 0.201. The van der Waals surface area contributed by atoms with E-state index in [-0.39, 0.29) is 0 Å². The van der Waals surface area contributed by atoms with Gasteiger partial charge in [0.15, 0.2) is 0 Å². The molecule has 0 aliphatic heterocycles. The normalized spacial score (nSPS) is 38.2. The molecule has 0 radical (unpaired) electrons. The van der Waals surface area contributed by atoms with Crippen LogP contribution in [0.25, 0.3) is 0 Å². The largest absolute Gasteiger partial charge is 0.396 e. The zero-order valence-electron chi connectivity index (χ0n) is 5.43. The van der Waals surface area contributed by atoms with Gasteiger partial charge in [0, 0.05) is 6.61 Å². The predicted molar refractivity (Wildman–Crippen MR) is 33.6 cm³/mol. The van der Waals surface area contributed by atoms with E-state index in [2.05, 4.69) is 6.92 Å². The lowest BCUT2D eigenvalue weighted by atomic mass is 10.00. The van der Waals surface area contributed by atoms with Crippen LogP contribution >= 0.6 is 0 Å². The number of hydrogen-bond donors (Lipinski definition) is 1. The summed E-state index contributed by atoms with van der Waals surface area (Å²) in [6.45, 7) is 2.63. The van der Waals surface area contributed by atoms with Crippen molar-refractivity contribution in [1.29, 1.82) is 0 Å². The Balaban J connectivity index is 2.30. The highest BCUT2D eigenvalue weighted by molar-refractivity contribution is 4.72. The second-order valence-electron chi connectivity index (χ2n) is 2.85. The van der Waals surface area contributed by atoms with Crippen molar-refractivity contribution >= 4 is 0 Å². The molecule has 2 atom stereocenters. The van der Waals surface area contributed by atoms with Crippen LogP contribution in [0, 0.1) is 11.8 Å². The average Bonchev–Trinajstić information content (AvgIpc) is 2.14. The molecule has 0 amide bonds. The van der Waals surface area contributed by atoms with Crippen LogP contribution in [0.1, 0.15) is 26.2 Å². The van der Waals surface area contributed by atoms with Gasteiger partial charge in [-0.2, -0.15) is 0 Å². The molecule has 1 aliphatic rings. The number of hydrogen-bond acceptors (Lipinski definition) is 1. The van der Waals surface area contributed by atoms with Crippen LogP contribution in [0.3, 0.4) is 0 Å². The van der Waals surface area contributed by atoms with E-state index in [1.165, 1.54) is 19.3 Å². The molecule has 1 aliphatic carbocycles. The summed E-state index contributed by atoms with van der Waals surface area (Å²) in [5.41, 5.74) is 0. The molecule has 0 bridgehead atoms. The summed E-state index contributed by atoms with van der Waals surface area (Å²) in [7, 11) is 0. The maximum Gasteiger partial charge on any atom is 0.0461 e. The van der Waals surface area contributed by atoms with Crippen molar-refractivity contribution in [3.63, 3.8) is 0 Å². The summed E-state index contributed by atoms with van der Waals surface area (Å²) in [4.78, 5) is 0. The molecule has 1 rings (SSSR count). The molecule has 1 nitrogen and oxygen atoms in total. The van der Waals surface area contributed by atoms with E-state index in [9.17, 15) is 0 Å². The minimum absolute atomic E-state index is 0.404. The van der Waals surface area contributed by atoms with Crippen LogP contribution in [0.4, 0.5) is 0 Å². The zero-order chi connectivity index (χ0) is 5.98. The summed E-state index contributed by atoms with van der Waals surface area (Å²) >= 11 is 0. The minimum atomic E-state index is 0.404. The molecule has 0 aromatic carbocycles. The fourth-order valence-corrected chi connectivity index (χ4v) is 1.49. The highest BCUT2D eigenvalue weighted by Crippen LogP contribution is 2.30. The third-order valence-electron chi connectivity index (χ3n) is 2.27. The van der Waals surface area contributed by atoms with Crippen LogP contribution in [0.2, 0.25) is 0 Å². The van der Waals surface area contributed by atoms with E-state index < -0.39 is 0 Å². The van der Waals surface area contributed by atoms with Crippen LogP contribution in [0.5, 0.6) is 0 Å². The van der Waals surface area contributed by atoms with Gasteiger partial charge in [-0.15, -0.1) is 0 Å². The van der Waals surface area contributed by atoms with Crippen LogP contribution in [-0.2, 0) is 0 Å². The highest BCUT2D eigenvalue weighted by Gasteiger charge is 2.21. The van der Waals surface area contributed by atoms with Gasteiger partial charge in [-0.1, -0.05) is 19.8 Å². The first-order valence-corrected chi connectivity index (χ1v) is 3.45. The molecule has 1 fully saturated rings. The maximum absolute atomic E-state index is 8.74. The van der Waals surface area contributed by atoms with Crippen molar-refractivity contribution in [1.82, 2.24) is 0 Å². The first-order valence-electron chi connectivity index (χ1n) is 3.45. The van der Waals surface area contributed by atoms with Crippen LogP contribution < -0.4 is 0 Å². The van der Waals surface area contributed by atoms with Crippen molar-refractivity contribution in [2.75, 3.05) is 6.61 Å². The molecule has 1 heteroatoms. The Labute approximate surface area is 50.7 Å². The third kappa shape index (κ3) is 1.03. The monoisotopic (exact) mass is 114 g/mol.